The molecule has 2 N–H and O–H groups in total. The first kappa shape index (κ1) is 17.6. The summed E-state index contributed by atoms with van der Waals surface area (Å²) in [5.41, 5.74) is 6.63. The largest absolute Gasteiger partial charge is 0.328 e. The highest BCUT2D eigenvalue weighted by Gasteiger charge is 2.34. The van der Waals surface area contributed by atoms with Crippen LogP contribution in [0.1, 0.15) is 49.9 Å². The molecule has 1 aromatic carbocycles. The number of hydrogen-bond donors (Lipinski definition) is 1. The van der Waals surface area contributed by atoms with Gasteiger partial charge in [0.25, 0.3) is 0 Å². The highest BCUT2D eigenvalue weighted by atomic mass is 32.2. The van der Waals surface area contributed by atoms with Gasteiger partial charge in [-0.05, 0) is 44.2 Å². The molecule has 4 rings (SSSR count). The van der Waals surface area contributed by atoms with Crippen LogP contribution in [-0.4, -0.2) is 40.7 Å². The molecule has 140 valence electrons. The van der Waals surface area contributed by atoms with Crippen LogP contribution in [0.25, 0.3) is 11.4 Å². The molecule has 2 aliphatic rings. The summed E-state index contributed by atoms with van der Waals surface area (Å²) in [6.07, 6.45) is 4.24. The average Bonchev–Trinajstić information content (AvgIpc) is 3.19. The van der Waals surface area contributed by atoms with Crippen molar-refractivity contribution in [2.24, 2.45) is 5.73 Å². The molecule has 1 aliphatic carbocycles. The maximum atomic E-state index is 13.6. The van der Waals surface area contributed by atoms with Gasteiger partial charge in [0.05, 0.1) is 17.5 Å². The maximum Gasteiger partial charge on any atom is 0.181 e. The van der Waals surface area contributed by atoms with Crippen molar-refractivity contribution < 1.29 is 12.8 Å². The third-order valence-electron chi connectivity index (χ3n) is 5.43. The predicted molar refractivity (Wildman–Crippen MR) is 96.9 cm³/mol. The smallest absolute Gasteiger partial charge is 0.181 e. The summed E-state index contributed by atoms with van der Waals surface area (Å²) in [6, 6.07) is 6.22. The fraction of sp³-hybridized carbons (Fsp3) is 0.556. The summed E-state index contributed by atoms with van der Waals surface area (Å²) in [6.45, 7) is 0. The van der Waals surface area contributed by atoms with Crippen LogP contribution >= 0.6 is 0 Å². The Morgan fingerprint density at radius 3 is 2.58 bits per heavy atom. The lowest BCUT2D eigenvalue weighted by atomic mass is 9.86. The van der Waals surface area contributed by atoms with Crippen molar-refractivity contribution in [2.75, 3.05) is 11.5 Å². The van der Waals surface area contributed by atoms with Crippen molar-refractivity contribution in [3.63, 3.8) is 0 Å². The van der Waals surface area contributed by atoms with Crippen LogP contribution in [0.4, 0.5) is 4.39 Å². The third kappa shape index (κ3) is 3.53. The fourth-order valence-corrected chi connectivity index (χ4v) is 5.67. The molecule has 0 amide bonds. The minimum atomic E-state index is -3.03. The molecule has 8 heteroatoms. The third-order valence-corrected chi connectivity index (χ3v) is 7.18. The molecule has 1 saturated heterocycles. The molecule has 0 radical (unpaired) electrons. The lowest BCUT2D eigenvalue weighted by molar-refractivity contribution is 0.359. The summed E-state index contributed by atoms with van der Waals surface area (Å²) in [5, 5.41) is 4.61. The lowest BCUT2D eigenvalue weighted by Gasteiger charge is -2.26. The Labute approximate surface area is 152 Å². The molecule has 0 bridgehead atoms. The van der Waals surface area contributed by atoms with E-state index >= 15 is 0 Å². The number of aromatic nitrogens is 3. The molecule has 2 heterocycles. The van der Waals surface area contributed by atoms with E-state index in [2.05, 4.69) is 5.10 Å². The van der Waals surface area contributed by atoms with Crippen molar-refractivity contribution in [3.05, 3.63) is 35.9 Å². The monoisotopic (exact) mass is 378 g/mol. The molecule has 6 nitrogen and oxygen atoms in total. The van der Waals surface area contributed by atoms with Crippen molar-refractivity contribution in [3.8, 4) is 11.4 Å². The SMILES string of the molecule is NC1CCC(c2nc(-c3cccc(F)c3)nn2C2CCS(=O)(=O)C2)CC1. The molecular weight excluding hydrogens is 355 g/mol. The van der Waals surface area contributed by atoms with Crippen LogP contribution in [0.5, 0.6) is 0 Å². The molecular formula is C18H23FN4O2S. The van der Waals surface area contributed by atoms with E-state index in [0.29, 0.717) is 17.8 Å². The van der Waals surface area contributed by atoms with Gasteiger partial charge in [-0.25, -0.2) is 22.5 Å². The molecule has 1 aliphatic heterocycles. The van der Waals surface area contributed by atoms with E-state index in [1.165, 1.54) is 12.1 Å². The second kappa shape index (κ2) is 6.74. The van der Waals surface area contributed by atoms with E-state index < -0.39 is 9.84 Å². The Hall–Kier alpha value is -1.80. The van der Waals surface area contributed by atoms with E-state index in [4.69, 9.17) is 10.7 Å². The summed E-state index contributed by atoms with van der Waals surface area (Å²) in [4.78, 5) is 4.71. The van der Waals surface area contributed by atoms with Gasteiger partial charge in [0.15, 0.2) is 15.7 Å². The van der Waals surface area contributed by atoms with Crippen molar-refractivity contribution >= 4 is 9.84 Å². The van der Waals surface area contributed by atoms with E-state index in [-0.39, 0.29) is 35.3 Å². The highest BCUT2D eigenvalue weighted by Crippen LogP contribution is 2.35. The summed E-state index contributed by atoms with van der Waals surface area (Å²) < 4.78 is 39.3. The zero-order valence-electron chi connectivity index (χ0n) is 14.5. The van der Waals surface area contributed by atoms with Gasteiger partial charge in [-0.2, -0.15) is 5.10 Å². The molecule has 1 saturated carbocycles. The lowest BCUT2D eigenvalue weighted by Crippen LogP contribution is -2.27. The Balaban J connectivity index is 1.73. The summed E-state index contributed by atoms with van der Waals surface area (Å²) in [5.74, 6) is 1.43. The van der Waals surface area contributed by atoms with Crippen LogP contribution in [0.3, 0.4) is 0 Å². The van der Waals surface area contributed by atoms with Crippen LogP contribution in [0.15, 0.2) is 24.3 Å². The normalized spacial score (nSPS) is 28.3. The first-order valence-corrected chi connectivity index (χ1v) is 10.9. The van der Waals surface area contributed by atoms with Gasteiger partial charge in [-0.3, -0.25) is 0 Å². The highest BCUT2D eigenvalue weighted by molar-refractivity contribution is 7.91. The average molecular weight is 378 g/mol. The maximum absolute atomic E-state index is 13.6. The number of benzene rings is 1. The number of rotatable bonds is 3. The number of sulfone groups is 1. The van der Waals surface area contributed by atoms with Crippen LogP contribution in [-0.2, 0) is 9.84 Å². The number of nitrogens with two attached hydrogens (primary N) is 1. The van der Waals surface area contributed by atoms with Gasteiger partial charge in [-0.15, -0.1) is 0 Å². The zero-order chi connectivity index (χ0) is 18.3. The first-order chi connectivity index (χ1) is 12.4. The van der Waals surface area contributed by atoms with Gasteiger partial charge in [0.2, 0.25) is 0 Å². The van der Waals surface area contributed by atoms with E-state index in [9.17, 15) is 12.8 Å². The van der Waals surface area contributed by atoms with Gasteiger partial charge in [-0.1, -0.05) is 12.1 Å². The minimum absolute atomic E-state index is 0.0954. The van der Waals surface area contributed by atoms with Gasteiger partial charge < -0.3 is 5.73 Å². The number of nitrogens with zero attached hydrogens (tertiary/aromatic N) is 3. The second-order valence-corrected chi connectivity index (χ2v) is 9.65. The van der Waals surface area contributed by atoms with Gasteiger partial charge >= 0.3 is 0 Å². The molecule has 1 aromatic heterocycles. The summed E-state index contributed by atoms with van der Waals surface area (Å²) in [7, 11) is -3.03. The Morgan fingerprint density at radius 1 is 1.15 bits per heavy atom. The second-order valence-electron chi connectivity index (χ2n) is 7.42. The Kier molecular flexibility index (Phi) is 4.56. The molecule has 1 atom stereocenters. The molecule has 2 fully saturated rings. The van der Waals surface area contributed by atoms with E-state index in [0.717, 1.165) is 31.5 Å². The molecule has 2 aromatic rings. The predicted octanol–water partition coefficient (Wildman–Crippen LogP) is 2.43. The van der Waals surface area contributed by atoms with Crippen LogP contribution in [0, 0.1) is 5.82 Å². The first-order valence-electron chi connectivity index (χ1n) is 9.10. The standard InChI is InChI=1S/C18H23FN4O2S/c19-14-3-1-2-13(10-14)17-21-18(12-4-6-15(20)7-5-12)23(22-17)16-8-9-26(24,25)11-16/h1-3,10,12,15-16H,4-9,11,20H2. The van der Waals surface area contributed by atoms with Gasteiger partial charge in [0.1, 0.15) is 11.6 Å². The molecule has 26 heavy (non-hydrogen) atoms. The Bertz CT molecular complexity index is 904. The topological polar surface area (TPSA) is 90.9 Å². The quantitative estimate of drug-likeness (QED) is 0.886. The molecule has 0 spiro atoms. The van der Waals surface area contributed by atoms with Crippen LogP contribution in [0.2, 0.25) is 0 Å². The van der Waals surface area contributed by atoms with E-state index in [1.807, 2.05) is 0 Å². The van der Waals surface area contributed by atoms with Crippen LogP contribution < -0.4 is 5.73 Å². The van der Waals surface area contributed by atoms with Gasteiger partial charge in [0, 0.05) is 17.5 Å². The Morgan fingerprint density at radius 2 is 1.92 bits per heavy atom. The summed E-state index contributed by atoms with van der Waals surface area (Å²) >= 11 is 0. The number of halogens is 1. The minimum Gasteiger partial charge on any atom is -0.328 e. The van der Waals surface area contributed by atoms with Crippen molar-refractivity contribution in [2.45, 2.75) is 50.1 Å². The number of hydrogen-bond acceptors (Lipinski definition) is 5. The zero-order valence-corrected chi connectivity index (χ0v) is 15.3. The van der Waals surface area contributed by atoms with Crippen molar-refractivity contribution in [1.82, 2.24) is 14.8 Å². The fourth-order valence-electron chi connectivity index (χ4n) is 3.98. The molecule has 1 unspecified atom stereocenters. The van der Waals surface area contributed by atoms with Crippen molar-refractivity contribution in [1.29, 1.82) is 0 Å². The van der Waals surface area contributed by atoms with E-state index in [1.54, 1.807) is 16.8 Å².